The van der Waals surface area contributed by atoms with Gasteiger partial charge in [-0.15, -0.1) is 12.4 Å². The number of hydrogen-bond donors (Lipinski definition) is 2. The van der Waals surface area contributed by atoms with Gasteiger partial charge in [-0.05, 0) is 44.7 Å². The van der Waals surface area contributed by atoms with Gasteiger partial charge in [0.2, 0.25) is 0 Å². The van der Waals surface area contributed by atoms with Gasteiger partial charge in [-0.25, -0.2) is 9.97 Å². The monoisotopic (exact) mass is 419 g/mol. The molecule has 1 amide bonds. The van der Waals surface area contributed by atoms with E-state index >= 15 is 0 Å². The molecule has 2 aliphatic heterocycles. The van der Waals surface area contributed by atoms with Crippen LogP contribution in [0, 0.1) is 0 Å². The third kappa shape index (κ3) is 5.25. The molecule has 4 heterocycles. The molecule has 0 spiro atoms. The molecule has 0 aromatic carbocycles. The zero-order valence-corrected chi connectivity index (χ0v) is 17.7. The van der Waals surface area contributed by atoms with Crippen LogP contribution in [-0.4, -0.2) is 57.9 Å². The van der Waals surface area contributed by atoms with Crippen molar-refractivity contribution in [3.05, 3.63) is 36.0 Å². The maximum atomic E-state index is 12.6. The quantitative estimate of drug-likeness (QED) is 0.770. The van der Waals surface area contributed by atoms with Crippen LogP contribution in [0.3, 0.4) is 0 Å². The first-order valence-corrected chi connectivity index (χ1v) is 10.4. The first-order chi connectivity index (χ1) is 13.7. The Morgan fingerprint density at radius 1 is 1.28 bits per heavy atom. The topological polar surface area (TPSA) is 88.0 Å². The number of rotatable bonds is 5. The molecule has 0 aliphatic carbocycles. The average Bonchev–Trinajstić information content (AvgIpc) is 3.25. The van der Waals surface area contributed by atoms with Gasteiger partial charge < -0.3 is 15.5 Å². The number of hydrogen-bond acceptors (Lipinski definition) is 6. The number of carbonyl (C=O) groups excluding carboxylic acids is 1. The predicted molar refractivity (Wildman–Crippen MR) is 115 cm³/mol. The predicted octanol–water partition coefficient (Wildman–Crippen LogP) is 1.98. The molecule has 0 radical (unpaired) electrons. The number of aryl methyl sites for hydroxylation is 1. The Bertz CT molecular complexity index is 798. The third-order valence-corrected chi connectivity index (χ3v) is 5.71. The Balaban J connectivity index is 0.00000240. The van der Waals surface area contributed by atoms with Crippen LogP contribution in [0.25, 0.3) is 0 Å². The van der Waals surface area contributed by atoms with E-state index in [9.17, 15) is 4.79 Å². The molecule has 158 valence electrons. The van der Waals surface area contributed by atoms with Crippen molar-refractivity contribution in [1.82, 2.24) is 30.4 Å². The molecule has 4 rings (SSSR count). The van der Waals surface area contributed by atoms with Crippen molar-refractivity contribution >= 4 is 24.1 Å². The molecule has 0 saturated carbocycles. The van der Waals surface area contributed by atoms with Gasteiger partial charge in [-0.2, -0.15) is 5.10 Å². The van der Waals surface area contributed by atoms with Gasteiger partial charge in [0, 0.05) is 43.6 Å². The number of nitrogens with zero attached hydrogens (tertiary/aromatic N) is 5. The Morgan fingerprint density at radius 3 is 2.83 bits per heavy atom. The molecule has 1 unspecified atom stereocenters. The van der Waals surface area contributed by atoms with Crippen LogP contribution < -0.4 is 15.5 Å². The van der Waals surface area contributed by atoms with E-state index in [1.165, 1.54) is 0 Å². The van der Waals surface area contributed by atoms with Crippen LogP contribution in [0.1, 0.15) is 54.8 Å². The van der Waals surface area contributed by atoms with E-state index in [1.807, 2.05) is 16.9 Å². The molecular formula is C20H30ClN7O. The average molecular weight is 420 g/mol. The number of nitrogens with one attached hydrogen (secondary N) is 2. The molecule has 9 heteroatoms. The lowest BCUT2D eigenvalue weighted by atomic mass is 10.0. The summed E-state index contributed by atoms with van der Waals surface area (Å²) < 4.78 is 1.93. The van der Waals surface area contributed by atoms with Crippen LogP contribution in [0.15, 0.2) is 24.7 Å². The fourth-order valence-corrected chi connectivity index (χ4v) is 3.99. The highest BCUT2D eigenvalue weighted by atomic mass is 35.5. The highest BCUT2D eigenvalue weighted by Gasteiger charge is 2.24. The summed E-state index contributed by atoms with van der Waals surface area (Å²) in [5, 5.41) is 11.1. The largest absolute Gasteiger partial charge is 0.356 e. The van der Waals surface area contributed by atoms with Gasteiger partial charge in [0.1, 0.15) is 17.8 Å². The molecular weight excluding hydrogens is 390 g/mol. The molecule has 29 heavy (non-hydrogen) atoms. The SMILES string of the molecule is CCc1cc(N2CCC(NC(=O)c3ccn(C4CCCNC4)n3)CC2)ncn1.Cl. The minimum Gasteiger partial charge on any atom is -0.356 e. The second-order valence-electron chi connectivity index (χ2n) is 7.64. The van der Waals surface area contributed by atoms with Gasteiger partial charge in [0.15, 0.2) is 0 Å². The summed E-state index contributed by atoms with van der Waals surface area (Å²) in [6.45, 7) is 5.85. The van der Waals surface area contributed by atoms with E-state index in [0.29, 0.717) is 11.7 Å². The molecule has 2 aromatic heterocycles. The maximum Gasteiger partial charge on any atom is 0.271 e. The minimum absolute atomic E-state index is 0. The standard InChI is InChI=1S/C20H29N7O.ClH/c1-2-15-12-19(23-14-22-15)26-9-5-16(6-10-26)24-20(28)18-7-11-27(25-18)17-4-3-8-21-13-17;/h7,11-12,14,16-17,21H,2-6,8-10,13H2,1H3,(H,24,28);1H. The highest BCUT2D eigenvalue weighted by molar-refractivity contribution is 5.92. The fraction of sp³-hybridized carbons (Fsp3) is 0.600. The van der Waals surface area contributed by atoms with Crippen molar-refractivity contribution < 1.29 is 4.79 Å². The van der Waals surface area contributed by atoms with Crippen molar-refractivity contribution in [1.29, 1.82) is 0 Å². The summed E-state index contributed by atoms with van der Waals surface area (Å²) in [5.74, 6) is 0.910. The maximum absolute atomic E-state index is 12.6. The molecule has 2 N–H and O–H groups in total. The van der Waals surface area contributed by atoms with Gasteiger partial charge in [0.05, 0.1) is 6.04 Å². The fourth-order valence-electron chi connectivity index (χ4n) is 3.99. The minimum atomic E-state index is -0.0729. The molecule has 2 fully saturated rings. The first-order valence-electron chi connectivity index (χ1n) is 10.4. The van der Waals surface area contributed by atoms with E-state index in [4.69, 9.17) is 0 Å². The second-order valence-corrected chi connectivity index (χ2v) is 7.64. The van der Waals surface area contributed by atoms with E-state index in [2.05, 4.69) is 43.6 Å². The van der Waals surface area contributed by atoms with E-state index in [0.717, 1.165) is 69.8 Å². The number of anilines is 1. The second kappa shape index (κ2) is 10.0. The molecule has 1 atom stereocenters. The van der Waals surface area contributed by atoms with Crippen LogP contribution in [-0.2, 0) is 6.42 Å². The molecule has 2 aromatic rings. The number of piperidine rings is 2. The Labute approximate surface area is 177 Å². The summed E-state index contributed by atoms with van der Waals surface area (Å²) in [7, 11) is 0. The van der Waals surface area contributed by atoms with Crippen LogP contribution in [0.4, 0.5) is 5.82 Å². The van der Waals surface area contributed by atoms with E-state index in [1.54, 1.807) is 6.33 Å². The highest BCUT2D eigenvalue weighted by Crippen LogP contribution is 2.19. The van der Waals surface area contributed by atoms with Crippen LogP contribution in [0.5, 0.6) is 0 Å². The zero-order chi connectivity index (χ0) is 19.3. The third-order valence-electron chi connectivity index (χ3n) is 5.71. The molecule has 2 aliphatic rings. The van der Waals surface area contributed by atoms with Gasteiger partial charge in [-0.3, -0.25) is 9.48 Å². The number of carbonyl (C=O) groups is 1. The van der Waals surface area contributed by atoms with Crippen LogP contribution in [0.2, 0.25) is 0 Å². The summed E-state index contributed by atoms with van der Waals surface area (Å²) >= 11 is 0. The van der Waals surface area contributed by atoms with Crippen molar-refractivity contribution in [3.63, 3.8) is 0 Å². The van der Waals surface area contributed by atoms with Crippen LogP contribution >= 0.6 is 12.4 Å². The molecule has 0 bridgehead atoms. The van der Waals surface area contributed by atoms with Crippen molar-refractivity contribution in [2.24, 2.45) is 0 Å². The summed E-state index contributed by atoms with van der Waals surface area (Å²) in [6, 6.07) is 4.41. The Hall–Kier alpha value is -2.19. The molecule has 8 nitrogen and oxygen atoms in total. The van der Waals surface area contributed by atoms with Gasteiger partial charge in [0.25, 0.3) is 5.91 Å². The van der Waals surface area contributed by atoms with Gasteiger partial charge in [-0.1, -0.05) is 6.92 Å². The zero-order valence-electron chi connectivity index (χ0n) is 16.9. The summed E-state index contributed by atoms with van der Waals surface area (Å²) in [6.07, 6.45) is 8.55. The first kappa shape index (κ1) is 21.5. The lowest BCUT2D eigenvalue weighted by Gasteiger charge is -2.33. The van der Waals surface area contributed by atoms with E-state index < -0.39 is 0 Å². The van der Waals surface area contributed by atoms with Crippen molar-refractivity contribution in [2.45, 2.75) is 51.1 Å². The number of halogens is 1. The Morgan fingerprint density at radius 2 is 2.10 bits per heavy atom. The van der Waals surface area contributed by atoms with E-state index in [-0.39, 0.29) is 24.4 Å². The summed E-state index contributed by atoms with van der Waals surface area (Å²) in [4.78, 5) is 23.5. The lowest BCUT2D eigenvalue weighted by molar-refractivity contribution is 0.0924. The summed E-state index contributed by atoms with van der Waals surface area (Å²) in [5.41, 5.74) is 1.57. The molecule has 2 saturated heterocycles. The smallest absolute Gasteiger partial charge is 0.271 e. The Kier molecular flexibility index (Phi) is 7.44. The van der Waals surface area contributed by atoms with Gasteiger partial charge >= 0.3 is 0 Å². The van der Waals surface area contributed by atoms with Crippen molar-refractivity contribution in [3.8, 4) is 0 Å². The number of amides is 1. The van der Waals surface area contributed by atoms with Crippen molar-refractivity contribution in [2.75, 3.05) is 31.1 Å². The normalized spacial score (nSPS) is 20.2. The lowest BCUT2D eigenvalue weighted by Crippen LogP contribution is -2.45. The number of aromatic nitrogens is 4.